The van der Waals surface area contributed by atoms with Crippen LogP contribution in [-0.4, -0.2) is 6.66 Å². The Balaban J connectivity index is 0.000000257. The van der Waals surface area contributed by atoms with Gasteiger partial charge < -0.3 is 4.52 Å². The van der Waals surface area contributed by atoms with Crippen LogP contribution in [0.2, 0.25) is 0 Å². The van der Waals surface area contributed by atoms with E-state index >= 15 is 0 Å². The fourth-order valence-corrected chi connectivity index (χ4v) is 3.15. The van der Waals surface area contributed by atoms with Crippen LogP contribution >= 0.6 is 8.46 Å². The van der Waals surface area contributed by atoms with Gasteiger partial charge in [0.05, 0.1) is 0 Å². The Morgan fingerprint density at radius 1 is 0.760 bits per heavy atom. The van der Waals surface area contributed by atoms with E-state index in [1.54, 1.807) is 0 Å². The van der Waals surface area contributed by atoms with Crippen molar-refractivity contribution in [2.24, 2.45) is 0 Å². The van der Waals surface area contributed by atoms with Crippen molar-refractivity contribution in [3.63, 3.8) is 0 Å². The Bertz CT molecular complexity index is 666. The molecule has 1 nitrogen and oxygen atoms in total. The van der Waals surface area contributed by atoms with Crippen LogP contribution in [0.1, 0.15) is 58.2 Å². The van der Waals surface area contributed by atoms with Crippen LogP contribution in [0, 0.1) is 6.92 Å². The van der Waals surface area contributed by atoms with E-state index in [0.717, 1.165) is 5.56 Å². The molecule has 25 heavy (non-hydrogen) atoms. The van der Waals surface area contributed by atoms with E-state index in [4.69, 9.17) is 4.52 Å². The Hall–Kier alpha value is -1.40. The molecular weight excluding hydrogens is 330 g/mol. The second-order valence-corrected chi connectivity index (χ2v) is 9.35. The first-order valence-electron chi connectivity index (χ1n) is 8.66. The molecule has 0 heterocycles. The lowest BCUT2D eigenvalue weighted by molar-refractivity contribution is 0.519. The second-order valence-electron chi connectivity index (χ2n) is 8.32. The largest absolute Gasteiger partial charge is 0.444 e. The summed E-state index contributed by atoms with van der Waals surface area (Å²) >= 11 is 0. The zero-order valence-corrected chi connectivity index (χ0v) is 17.7. The molecule has 0 bridgehead atoms. The van der Waals surface area contributed by atoms with Crippen LogP contribution < -0.4 is 4.52 Å². The van der Waals surface area contributed by atoms with E-state index in [9.17, 15) is 4.20 Å². The highest BCUT2D eigenvalue weighted by Crippen LogP contribution is 2.40. The van der Waals surface area contributed by atoms with E-state index in [-0.39, 0.29) is 10.8 Å². The number of para-hydroxylation sites is 1. The minimum atomic E-state index is -1.84. The van der Waals surface area contributed by atoms with Crippen LogP contribution in [0.15, 0.2) is 48.5 Å². The number of hydrogen-bond donors (Lipinski definition) is 0. The fourth-order valence-electron chi connectivity index (χ4n) is 2.72. The summed E-state index contributed by atoms with van der Waals surface area (Å²) in [5, 5.41) is 0. The van der Waals surface area contributed by atoms with E-state index in [0.29, 0.717) is 5.75 Å². The van der Waals surface area contributed by atoms with Gasteiger partial charge >= 0.3 is 0 Å². The third-order valence-corrected chi connectivity index (χ3v) is 4.32. The third kappa shape index (κ3) is 7.16. The summed E-state index contributed by atoms with van der Waals surface area (Å²) < 4.78 is 18.0. The minimum absolute atomic E-state index is 0.0120. The average Bonchev–Trinajstić information content (AvgIpc) is 2.46. The summed E-state index contributed by atoms with van der Waals surface area (Å²) in [6.45, 7) is 16.6. The summed E-state index contributed by atoms with van der Waals surface area (Å²) in [4.78, 5) is 0. The van der Waals surface area contributed by atoms with Gasteiger partial charge in [-0.15, -0.1) is 0 Å². The molecule has 0 saturated carbocycles. The normalized spacial score (nSPS) is 12.8. The summed E-state index contributed by atoms with van der Waals surface area (Å²) in [7, 11) is -1.84. The number of aryl methyl sites for hydroxylation is 1. The lowest BCUT2D eigenvalue weighted by Crippen LogP contribution is -2.12. The molecule has 1 atom stereocenters. The van der Waals surface area contributed by atoms with Crippen LogP contribution in [0.25, 0.3) is 0 Å². The summed E-state index contributed by atoms with van der Waals surface area (Å²) in [6.07, 6.45) is 0. The van der Waals surface area contributed by atoms with Crippen LogP contribution in [0.4, 0.5) is 4.20 Å². The van der Waals surface area contributed by atoms with Gasteiger partial charge in [-0.1, -0.05) is 84.0 Å². The fraction of sp³-hybridized carbons (Fsp3) is 0.455. The van der Waals surface area contributed by atoms with Gasteiger partial charge in [-0.05, 0) is 40.5 Å². The molecule has 138 valence electrons. The SMILES string of the molecule is CP(F)Oc1ccccc1C(C)(C)C.Cc1ccccc1C(C)(C)C. The monoisotopic (exact) mass is 362 g/mol. The Kier molecular flexibility index (Phi) is 7.62. The molecule has 1 unspecified atom stereocenters. The number of rotatable bonds is 2. The van der Waals surface area contributed by atoms with E-state index in [2.05, 4.69) is 72.7 Å². The highest BCUT2D eigenvalue weighted by Gasteiger charge is 2.19. The zero-order chi connectivity index (χ0) is 19.3. The number of benzene rings is 2. The number of hydrogen-bond acceptors (Lipinski definition) is 1. The smallest absolute Gasteiger partial charge is 0.272 e. The van der Waals surface area contributed by atoms with Crippen LogP contribution in [0.3, 0.4) is 0 Å². The second kappa shape index (κ2) is 8.81. The van der Waals surface area contributed by atoms with E-state index < -0.39 is 8.46 Å². The van der Waals surface area contributed by atoms with Crippen molar-refractivity contribution in [2.45, 2.75) is 59.3 Å². The van der Waals surface area contributed by atoms with Crippen molar-refractivity contribution in [1.29, 1.82) is 0 Å². The first-order valence-corrected chi connectivity index (χ1v) is 10.3. The van der Waals surface area contributed by atoms with Crippen molar-refractivity contribution in [3.8, 4) is 5.75 Å². The zero-order valence-electron chi connectivity index (χ0n) is 16.9. The maximum absolute atomic E-state index is 12.8. The van der Waals surface area contributed by atoms with Gasteiger partial charge in [0.25, 0.3) is 8.46 Å². The highest BCUT2D eigenvalue weighted by atomic mass is 31.2. The summed E-state index contributed by atoms with van der Waals surface area (Å²) in [6, 6.07) is 16.2. The van der Waals surface area contributed by atoms with Crippen molar-refractivity contribution >= 4 is 8.46 Å². The predicted octanol–water partition coefficient (Wildman–Crippen LogP) is 7.57. The molecule has 0 fully saturated rings. The van der Waals surface area contributed by atoms with Gasteiger partial charge in [0.15, 0.2) is 0 Å². The summed E-state index contributed by atoms with van der Waals surface area (Å²) in [5.74, 6) is 0.663. The Morgan fingerprint density at radius 3 is 1.60 bits per heavy atom. The molecule has 0 aromatic heterocycles. The van der Waals surface area contributed by atoms with Gasteiger partial charge in [-0.25, -0.2) is 0 Å². The molecule has 2 aromatic carbocycles. The maximum atomic E-state index is 12.8. The van der Waals surface area contributed by atoms with Crippen LogP contribution in [0.5, 0.6) is 5.75 Å². The van der Waals surface area contributed by atoms with Crippen molar-refractivity contribution in [2.75, 3.05) is 6.66 Å². The molecule has 3 heteroatoms. The Morgan fingerprint density at radius 2 is 1.20 bits per heavy atom. The highest BCUT2D eigenvalue weighted by molar-refractivity contribution is 7.46. The van der Waals surface area contributed by atoms with Gasteiger partial charge in [0.1, 0.15) is 5.75 Å². The maximum Gasteiger partial charge on any atom is 0.272 e. The van der Waals surface area contributed by atoms with E-state index in [1.807, 2.05) is 24.3 Å². The lowest BCUT2D eigenvalue weighted by Gasteiger charge is -2.22. The predicted molar refractivity (Wildman–Crippen MR) is 110 cm³/mol. The van der Waals surface area contributed by atoms with Crippen LogP contribution in [-0.2, 0) is 10.8 Å². The van der Waals surface area contributed by atoms with Gasteiger partial charge in [0.2, 0.25) is 0 Å². The lowest BCUT2D eigenvalue weighted by atomic mass is 9.84. The summed E-state index contributed by atoms with van der Waals surface area (Å²) in [5.41, 5.74) is 4.15. The topological polar surface area (TPSA) is 9.23 Å². The van der Waals surface area contributed by atoms with Gasteiger partial charge in [-0.2, -0.15) is 4.20 Å². The van der Waals surface area contributed by atoms with Gasteiger partial charge in [0, 0.05) is 6.66 Å². The van der Waals surface area contributed by atoms with Crippen molar-refractivity contribution in [3.05, 3.63) is 65.2 Å². The van der Waals surface area contributed by atoms with E-state index in [1.165, 1.54) is 17.8 Å². The molecule has 0 aliphatic rings. The van der Waals surface area contributed by atoms with Gasteiger partial charge in [-0.3, -0.25) is 0 Å². The average molecular weight is 362 g/mol. The first kappa shape index (κ1) is 21.6. The molecule has 0 saturated heterocycles. The molecule has 0 aliphatic carbocycles. The molecule has 2 aromatic rings. The third-order valence-electron chi connectivity index (χ3n) is 3.87. The quantitative estimate of drug-likeness (QED) is 0.501. The molecular formula is C22H32FOP. The molecule has 2 rings (SSSR count). The standard InChI is InChI=1S/C11H16FOP.C11H16/c1-11(2,3)9-7-5-6-8-10(9)13-14(4)12;1-9-7-5-6-8-10(9)11(2,3)4/h5-8H,1-4H3;5-8H,1-4H3. The molecule has 0 N–H and O–H groups in total. The Labute approximate surface area is 154 Å². The number of halogens is 1. The van der Waals surface area contributed by atoms with Crippen molar-refractivity contribution in [1.82, 2.24) is 0 Å². The first-order chi connectivity index (χ1) is 11.4. The molecule has 0 aliphatic heterocycles. The molecule has 0 radical (unpaired) electrons. The van der Waals surface area contributed by atoms with Crippen molar-refractivity contribution < 1.29 is 8.72 Å². The molecule has 0 amide bonds. The minimum Gasteiger partial charge on any atom is -0.444 e. The molecule has 0 spiro atoms.